The highest BCUT2D eigenvalue weighted by Gasteiger charge is 2.02. The third-order valence-corrected chi connectivity index (χ3v) is 3.14. The number of halogens is 2. The number of ether oxygens (including phenoxy) is 1. The summed E-state index contributed by atoms with van der Waals surface area (Å²) in [6.45, 7) is 2.45. The average Bonchev–Trinajstić information content (AvgIpc) is 2.38. The first-order chi connectivity index (χ1) is 8.69. The molecular formula is C14H13Cl2NO. The van der Waals surface area contributed by atoms with E-state index < -0.39 is 0 Å². The minimum Gasteiger partial charge on any atom is -0.487 e. The Morgan fingerprint density at radius 3 is 2.72 bits per heavy atom. The molecule has 0 aliphatic carbocycles. The quantitative estimate of drug-likeness (QED) is 0.768. The molecule has 2 nitrogen and oxygen atoms in total. The number of pyridine rings is 1. The van der Waals surface area contributed by atoms with Crippen molar-refractivity contribution in [3.8, 4) is 5.75 Å². The van der Waals surface area contributed by atoms with E-state index in [9.17, 15) is 0 Å². The molecule has 0 aliphatic rings. The van der Waals surface area contributed by atoms with E-state index in [0.717, 1.165) is 28.5 Å². The lowest BCUT2D eigenvalue weighted by Gasteiger charge is -2.08. The standard InChI is InChI=1S/C14H13Cl2NO/c1-2-10-8-12(6-7-13(10)15)18-9-11-4-3-5-14(16)17-11/h3-8H,2,9H2,1H3. The van der Waals surface area contributed by atoms with Gasteiger partial charge in [0.2, 0.25) is 0 Å². The molecule has 1 aromatic heterocycles. The van der Waals surface area contributed by atoms with Crippen LogP contribution in [-0.2, 0) is 13.0 Å². The molecular weight excluding hydrogens is 269 g/mol. The van der Waals surface area contributed by atoms with Gasteiger partial charge < -0.3 is 4.74 Å². The van der Waals surface area contributed by atoms with Gasteiger partial charge in [-0.25, -0.2) is 4.98 Å². The van der Waals surface area contributed by atoms with Gasteiger partial charge in [-0.05, 0) is 42.3 Å². The van der Waals surface area contributed by atoms with Gasteiger partial charge >= 0.3 is 0 Å². The number of aromatic nitrogens is 1. The van der Waals surface area contributed by atoms with E-state index in [0.29, 0.717) is 11.8 Å². The highest BCUT2D eigenvalue weighted by molar-refractivity contribution is 6.31. The molecule has 1 aromatic carbocycles. The van der Waals surface area contributed by atoms with Crippen molar-refractivity contribution in [2.45, 2.75) is 20.0 Å². The second-order valence-corrected chi connectivity index (χ2v) is 4.64. The molecule has 0 N–H and O–H groups in total. The lowest BCUT2D eigenvalue weighted by Crippen LogP contribution is -1.98. The van der Waals surface area contributed by atoms with Crippen molar-refractivity contribution in [1.82, 2.24) is 4.98 Å². The van der Waals surface area contributed by atoms with Gasteiger partial charge in [-0.1, -0.05) is 36.2 Å². The molecule has 4 heteroatoms. The highest BCUT2D eigenvalue weighted by atomic mass is 35.5. The van der Waals surface area contributed by atoms with Crippen molar-refractivity contribution in [3.63, 3.8) is 0 Å². The summed E-state index contributed by atoms with van der Waals surface area (Å²) >= 11 is 11.9. The van der Waals surface area contributed by atoms with Crippen LogP contribution in [0.2, 0.25) is 10.2 Å². The SMILES string of the molecule is CCc1cc(OCc2cccc(Cl)n2)ccc1Cl. The van der Waals surface area contributed by atoms with Crippen LogP contribution >= 0.6 is 23.2 Å². The summed E-state index contributed by atoms with van der Waals surface area (Å²) in [7, 11) is 0. The topological polar surface area (TPSA) is 22.1 Å². The van der Waals surface area contributed by atoms with Gasteiger partial charge in [0, 0.05) is 5.02 Å². The fraction of sp³-hybridized carbons (Fsp3) is 0.214. The van der Waals surface area contributed by atoms with E-state index in [1.807, 2.05) is 30.3 Å². The highest BCUT2D eigenvalue weighted by Crippen LogP contribution is 2.23. The fourth-order valence-corrected chi connectivity index (χ4v) is 2.03. The van der Waals surface area contributed by atoms with Gasteiger partial charge in [0.1, 0.15) is 17.5 Å². The molecule has 18 heavy (non-hydrogen) atoms. The Morgan fingerprint density at radius 1 is 1.17 bits per heavy atom. The minimum absolute atomic E-state index is 0.394. The fourth-order valence-electron chi connectivity index (χ4n) is 1.60. The molecule has 0 aliphatic heterocycles. The third-order valence-electron chi connectivity index (χ3n) is 2.56. The van der Waals surface area contributed by atoms with Crippen LogP contribution in [0.15, 0.2) is 36.4 Å². The second-order valence-electron chi connectivity index (χ2n) is 3.85. The molecule has 0 saturated carbocycles. The normalized spacial score (nSPS) is 10.4. The predicted octanol–water partition coefficient (Wildman–Crippen LogP) is 4.53. The van der Waals surface area contributed by atoms with Crippen LogP contribution in [0.4, 0.5) is 0 Å². The van der Waals surface area contributed by atoms with E-state index in [1.54, 1.807) is 6.07 Å². The van der Waals surface area contributed by atoms with Crippen LogP contribution < -0.4 is 4.74 Å². The lowest BCUT2D eigenvalue weighted by atomic mass is 10.1. The second kappa shape index (κ2) is 6.07. The Labute approximate surface area is 117 Å². The van der Waals surface area contributed by atoms with Gasteiger partial charge in [0.15, 0.2) is 0 Å². The van der Waals surface area contributed by atoms with Crippen LogP contribution in [0.1, 0.15) is 18.2 Å². The number of hydrogen-bond donors (Lipinski definition) is 0. The number of nitrogens with zero attached hydrogens (tertiary/aromatic N) is 1. The molecule has 2 rings (SSSR count). The zero-order chi connectivity index (χ0) is 13.0. The van der Waals surface area contributed by atoms with E-state index in [4.69, 9.17) is 27.9 Å². The largest absolute Gasteiger partial charge is 0.487 e. The van der Waals surface area contributed by atoms with Gasteiger partial charge in [-0.15, -0.1) is 0 Å². The molecule has 1 heterocycles. The van der Waals surface area contributed by atoms with Crippen molar-refractivity contribution in [1.29, 1.82) is 0 Å². The minimum atomic E-state index is 0.394. The summed E-state index contributed by atoms with van der Waals surface area (Å²) < 4.78 is 5.66. The molecule has 0 bridgehead atoms. The molecule has 0 atom stereocenters. The summed E-state index contributed by atoms with van der Waals surface area (Å²) in [5, 5.41) is 1.24. The smallest absolute Gasteiger partial charge is 0.130 e. The first kappa shape index (κ1) is 13.2. The maximum atomic E-state index is 6.05. The zero-order valence-electron chi connectivity index (χ0n) is 9.99. The van der Waals surface area contributed by atoms with E-state index >= 15 is 0 Å². The number of aryl methyl sites for hydroxylation is 1. The van der Waals surface area contributed by atoms with Crippen LogP contribution in [0, 0.1) is 0 Å². The predicted molar refractivity (Wildman–Crippen MR) is 74.4 cm³/mol. The Kier molecular flexibility index (Phi) is 4.45. The first-order valence-electron chi connectivity index (χ1n) is 5.71. The Hall–Kier alpha value is -1.25. The lowest BCUT2D eigenvalue weighted by molar-refractivity contribution is 0.301. The number of benzene rings is 1. The average molecular weight is 282 g/mol. The summed E-state index contributed by atoms with van der Waals surface area (Å²) in [4.78, 5) is 4.16. The van der Waals surface area contributed by atoms with E-state index in [2.05, 4.69) is 11.9 Å². The van der Waals surface area contributed by atoms with Gasteiger partial charge in [0.25, 0.3) is 0 Å². The number of rotatable bonds is 4. The van der Waals surface area contributed by atoms with Gasteiger partial charge in [-0.3, -0.25) is 0 Å². The van der Waals surface area contributed by atoms with Crippen molar-refractivity contribution in [3.05, 3.63) is 57.8 Å². The first-order valence-corrected chi connectivity index (χ1v) is 6.47. The van der Waals surface area contributed by atoms with Crippen LogP contribution in [0.3, 0.4) is 0 Å². The molecule has 0 unspecified atom stereocenters. The number of hydrogen-bond acceptors (Lipinski definition) is 2. The monoisotopic (exact) mass is 281 g/mol. The van der Waals surface area contributed by atoms with Crippen molar-refractivity contribution in [2.75, 3.05) is 0 Å². The Balaban J connectivity index is 2.06. The Bertz CT molecular complexity index is 543. The molecule has 0 radical (unpaired) electrons. The van der Waals surface area contributed by atoms with Crippen LogP contribution in [0.25, 0.3) is 0 Å². The molecule has 0 fully saturated rings. The molecule has 2 aromatic rings. The Morgan fingerprint density at radius 2 is 2.00 bits per heavy atom. The van der Waals surface area contributed by atoms with Crippen LogP contribution in [0.5, 0.6) is 5.75 Å². The van der Waals surface area contributed by atoms with Crippen molar-refractivity contribution < 1.29 is 4.74 Å². The summed E-state index contributed by atoms with van der Waals surface area (Å²) in [6, 6.07) is 11.1. The zero-order valence-corrected chi connectivity index (χ0v) is 11.5. The maximum absolute atomic E-state index is 6.05. The van der Waals surface area contributed by atoms with Gasteiger partial charge in [-0.2, -0.15) is 0 Å². The molecule has 94 valence electrons. The molecule has 0 amide bonds. The molecule has 0 saturated heterocycles. The van der Waals surface area contributed by atoms with Crippen molar-refractivity contribution >= 4 is 23.2 Å². The maximum Gasteiger partial charge on any atom is 0.130 e. The summed E-state index contributed by atoms with van der Waals surface area (Å²) in [5.74, 6) is 0.790. The van der Waals surface area contributed by atoms with Gasteiger partial charge in [0.05, 0.1) is 5.69 Å². The van der Waals surface area contributed by atoms with Crippen molar-refractivity contribution in [2.24, 2.45) is 0 Å². The third kappa shape index (κ3) is 3.37. The molecule has 0 spiro atoms. The summed E-state index contributed by atoms with van der Waals surface area (Å²) in [5.41, 5.74) is 1.88. The summed E-state index contributed by atoms with van der Waals surface area (Å²) in [6.07, 6.45) is 0.880. The van der Waals surface area contributed by atoms with E-state index in [1.165, 1.54) is 0 Å². The van der Waals surface area contributed by atoms with Crippen LogP contribution in [-0.4, -0.2) is 4.98 Å². The van der Waals surface area contributed by atoms with E-state index in [-0.39, 0.29) is 0 Å².